The topological polar surface area (TPSA) is 90.7 Å². The van der Waals surface area contributed by atoms with Gasteiger partial charge in [-0.25, -0.2) is 4.39 Å². The molecule has 7 nitrogen and oxygen atoms in total. The molecule has 4 N–H and O–H groups in total. The van der Waals surface area contributed by atoms with Gasteiger partial charge in [0.15, 0.2) is 0 Å². The zero-order valence-corrected chi connectivity index (χ0v) is 20.7. The highest BCUT2D eigenvalue weighted by Gasteiger charge is 2.60. The molecule has 3 heterocycles. The number of carbonyl (C=O) groups is 2. The molecule has 192 valence electrons. The van der Waals surface area contributed by atoms with Crippen molar-refractivity contribution in [1.29, 1.82) is 0 Å². The van der Waals surface area contributed by atoms with Crippen LogP contribution in [0.4, 0.5) is 4.39 Å². The first-order valence-electron chi connectivity index (χ1n) is 13.8. The molecule has 4 atom stereocenters. The van der Waals surface area contributed by atoms with Crippen LogP contribution in [-0.2, 0) is 9.59 Å². The van der Waals surface area contributed by atoms with E-state index in [-0.39, 0.29) is 35.6 Å². The number of allylic oxidation sites excluding steroid dienone is 2. The fraction of sp³-hybridized carbons (Fsp3) is 0.643. The Bertz CT molecular complexity index is 1120. The van der Waals surface area contributed by atoms with E-state index in [2.05, 4.69) is 22.8 Å². The number of nitrogens with two attached hydrogens (primary N) is 1. The van der Waals surface area contributed by atoms with E-state index in [1.165, 1.54) is 5.70 Å². The van der Waals surface area contributed by atoms with Crippen molar-refractivity contribution in [2.24, 2.45) is 23.5 Å². The molecular weight excluding hydrogens is 457 g/mol. The van der Waals surface area contributed by atoms with E-state index in [0.29, 0.717) is 37.0 Å². The van der Waals surface area contributed by atoms with Crippen molar-refractivity contribution < 1.29 is 14.0 Å². The summed E-state index contributed by atoms with van der Waals surface area (Å²) in [7, 11) is 0. The molecule has 2 saturated carbocycles. The summed E-state index contributed by atoms with van der Waals surface area (Å²) in [5, 5.41) is 6.89. The van der Waals surface area contributed by atoms with E-state index < -0.39 is 11.7 Å². The Morgan fingerprint density at radius 2 is 1.94 bits per heavy atom. The Kier molecular flexibility index (Phi) is 5.23. The van der Waals surface area contributed by atoms with Gasteiger partial charge in [0.1, 0.15) is 17.5 Å². The lowest BCUT2D eigenvalue weighted by molar-refractivity contribution is -0.140. The SMILES string of the molecule is NC1CCC2CC(c3ccc(C4NC5(CC5)C(=O)N4CC4CN(C(=O)C5CC5)C4)c(F)c3)CC=C2N1. The lowest BCUT2D eigenvalue weighted by Gasteiger charge is -2.42. The number of fused-ring (bicyclic) bond motifs is 1. The maximum atomic E-state index is 15.6. The van der Waals surface area contributed by atoms with Crippen molar-refractivity contribution in [3.63, 3.8) is 0 Å². The molecule has 6 aliphatic rings. The quantitative estimate of drug-likeness (QED) is 0.587. The lowest BCUT2D eigenvalue weighted by atomic mass is 9.77. The average molecular weight is 494 g/mol. The van der Waals surface area contributed by atoms with Gasteiger partial charge in [0.25, 0.3) is 0 Å². The van der Waals surface area contributed by atoms with Crippen molar-refractivity contribution >= 4 is 11.8 Å². The van der Waals surface area contributed by atoms with Gasteiger partial charge in [0.05, 0.1) is 6.17 Å². The van der Waals surface area contributed by atoms with Crippen LogP contribution in [0, 0.1) is 23.6 Å². The van der Waals surface area contributed by atoms with E-state index in [1.54, 1.807) is 6.07 Å². The molecule has 4 unspecified atom stereocenters. The van der Waals surface area contributed by atoms with Gasteiger partial charge in [-0.05, 0) is 74.8 Å². The number of nitrogens with one attached hydrogen (secondary N) is 2. The fourth-order valence-corrected chi connectivity index (χ4v) is 6.85. The average Bonchev–Trinajstić information content (AvgIpc) is 3.76. The van der Waals surface area contributed by atoms with Crippen LogP contribution in [0.3, 0.4) is 0 Å². The second-order valence-corrected chi connectivity index (χ2v) is 12.1. The Hall–Kier alpha value is -2.45. The Labute approximate surface area is 211 Å². The third kappa shape index (κ3) is 3.84. The molecule has 3 aliphatic heterocycles. The number of nitrogens with zero attached hydrogens (tertiary/aromatic N) is 2. The zero-order chi connectivity index (χ0) is 24.6. The molecule has 1 aromatic rings. The largest absolute Gasteiger partial charge is 0.373 e. The second kappa shape index (κ2) is 8.28. The van der Waals surface area contributed by atoms with E-state index in [4.69, 9.17) is 5.73 Å². The van der Waals surface area contributed by atoms with Crippen LogP contribution < -0.4 is 16.4 Å². The van der Waals surface area contributed by atoms with Gasteiger partial charge in [0, 0.05) is 42.7 Å². The van der Waals surface area contributed by atoms with Crippen molar-refractivity contribution in [3.05, 3.63) is 46.9 Å². The molecule has 8 heteroatoms. The molecule has 3 saturated heterocycles. The summed E-state index contributed by atoms with van der Waals surface area (Å²) < 4.78 is 15.6. The predicted octanol–water partition coefficient (Wildman–Crippen LogP) is 2.70. The number of hydrogen-bond donors (Lipinski definition) is 3. The fourth-order valence-electron chi connectivity index (χ4n) is 6.85. The first kappa shape index (κ1) is 22.7. The molecule has 3 aliphatic carbocycles. The third-order valence-corrected chi connectivity index (χ3v) is 9.40. The summed E-state index contributed by atoms with van der Waals surface area (Å²) >= 11 is 0. The van der Waals surface area contributed by atoms with Crippen molar-refractivity contribution in [2.75, 3.05) is 19.6 Å². The van der Waals surface area contributed by atoms with Gasteiger partial charge in [-0.15, -0.1) is 0 Å². The van der Waals surface area contributed by atoms with Gasteiger partial charge in [-0.3, -0.25) is 14.9 Å². The maximum Gasteiger partial charge on any atom is 0.244 e. The summed E-state index contributed by atoms with van der Waals surface area (Å²) in [5.74, 6) is 1.39. The van der Waals surface area contributed by atoms with E-state index in [9.17, 15) is 9.59 Å². The van der Waals surface area contributed by atoms with Crippen LogP contribution in [0.2, 0.25) is 0 Å². The Morgan fingerprint density at radius 1 is 1.14 bits per heavy atom. The number of halogens is 1. The molecule has 1 aromatic carbocycles. The minimum absolute atomic E-state index is 0.0433. The number of hydrogen-bond acceptors (Lipinski definition) is 5. The first-order chi connectivity index (χ1) is 17.4. The smallest absolute Gasteiger partial charge is 0.244 e. The number of piperidine rings is 1. The molecule has 5 fully saturated rings. The monoisotopic (exact) mass is 493 g/mol. The van der Waals surface area contributed by atoms with Gasteiger partial charge in [-0.2, -0.15) is 0 Å². The zero-order valence-electron chi connectivity index (χ0n) is 20.7. The summed E-state index contributed by atoms with van der Waals surface area (Å²) in [6.45, 7) is 1.98. The summed E-state index contributed by atoms with van der Waals surface area (Å²) in [5.41, 5.74) is 8.39. The van der Waals surface area contributed by atoms with Crippen molar-refractivity contribution in [3.8, 4) is 0 Å². The van der Waals surface area contributed by atoms with Crippen LogP contribution >= 0.6 is 0 Å². The minimum Gasteiger partial charge on any atom is -0.373 e. The number of benzene rings is 1. The Balaban J connectivity index is 1.06. The molecular formula is C28H36FN5O2. The summed E-state index contributed by atoms with van der Waals surface area (Å²) in [6.07, 6.45) is 9.44. The van der Waals surface area contributed by atoms with Gasteiger partial charge >= 0.3 is 0 Å². The van der Waals surface area contributed by atoms with Gasteiger partial charge in [-0.1, -0.05) is 18.2 Å². The number of rotatable bonds is 5. The van der Waals surface area contributed by atoms with Gasteiger partial charge in [0.2, 0.25) is 11.8 Å². The van der Waals surface area contributed by atoms with Crippen LogP contribution in [-0.4, -0.2) is 53.0 Å². The highest BCUT2D eigenvalue weighted by atomic mass is 19.1. The maximum absolute atomic E-state index is 15.6. The molecule has 2 amide bonds. The molecule has 0 bridgehead atoms. The van der Waals surface area contributed by atoms with Crippen LogP contribution in [0.5, 0.6) is 0 Å². The molecule has 0 aromatic heterocycles. The predicted molar refractivity (Wildman–Crippen MR) is 133 cm³/mol. The molecule has 7 rings (SSSR count). The minimum atomic E-state index is -0.511. The highest BCUT2D eigenvalue weighted by Crippen LogP contribution is 2.47. The van der Waals surface area contributed by atoms with Gasteiger partial charge < -0.3 is 20.9 Å². The van der Waals surface area contributed by atoms with Crippen LogP contribution in [0.25, 0.3) is 0 Å². The Morgan fingerprint density at radius 3 is 2.67 bits per heavy atom. The van der Waals surface area contributed by atoms with E-state index >= 15 is 4.39 Å². The summed E-state index contributed by atoms with van der Waals surface area (Å²) in [6, 6.07) is 5.65. The van der Waals surface area contributed by atoms with Crippen molar-refractivity contribution in [1.82, 2.24) is 20.4 Å². The third-order valence-electron chi connectivity index (χ3n) is 9.40. The standard InChI is InChI=1S/C28H36FN5O2/c29-22-12-19(18-4-7-23-20(11-18)5-8-24(30)31-23)3-6-21(22)25-32-28(9-10-28)27(36)34(25)15-16-13-33(14-16)26(35)17-1-2-17/h3,6-7,12,16-18,20,24-25,31-32H,1-2,4-5,8-11,13-15,30H2. The number of likely N-dealkylation sites (tertiary alicyclic amines) is 1. The number of amides is 2. The highest BCUT2D eigenvalue weighted by molar-refractivity contribution is 5.92. The number of carbonyl (C=O) groups excluding carboxylic acids is 2. The molecule has 36 heavy (non-hydrogen) atoms. The first-order valence-corrected chi connectivity index (χ1v) is 13.8. The second-order valence-electron chi connectivity index (χ2n) is 12.1. The molecule has 0 radical (unpaired) electrons. The lowest BCUT2D eigenvalue weighted by Crippen LogP contribution is -2.55. The van der Waals surface area contributed by atoms with Crippen molar-refractivity contribution in [2.45, 2.75) is 75.2 Å². The van der Waals surface area contributed by atoms with Crippen LogP contribution in [0.15, 0.2) is 30.0 Å². The summed E-state index contributed by atoms with van der Waals surface area (Å²) in [4.78, 5) is 29.4. The van der Waals surface area contributed by atoms with Crippen LogP contribution in [0.1, 0.15) is 74.6 Å². The van der Waals surface area contributed by atoms with E-state index in [1.807, 2.05) is 15.9 Å². The van der Waals surface area contributed by atoms with E-state index in [0.717, 1.165) is 56.9 Å². The normalized spacial score (nSPS) is 33.2. The molecule has 1 spiro atoms.